The molecule has 0 spiro atoms. The second-order valence-electron chi connectivity index (χ2n) is 7.31. The van der Waals surface area contributed by atoms with Gasteiger partial charge in [-0.25, -0.2) is 18.4 Å². The van der Waals surface area contributed by atoms with E-state index in [4.69, 9.17) is 19.3 Å². The minimum atomic E-state index is -0.831. The minimum absolute atomic E-state index is 0. The van der Waals surface area contributed by atoms with E-state index >= 15 is 0 Å². The predicted octanol–water partition coefficient (Wildman–Crippen LogP) is 3.00. The van der Waals surface area contributed by atoms with E-state index in [1.807, 2.05) is 0 Å². The van der Waals surface area contributed by atoms with Gasteiger partial charge in [0.25, 0.3) is 5.88 Å². The zero-order chi connectivity index (χ0) is 23.4. The van der Waals surface area contributed by atoms with Gasteiger partial charge in [0.1, 0.15) is 31.1 Å². The number of benzene rings is 1. The number of hydrogen-bond acceptors (Lipinski definition) is 8. The second kappa shape index (κ2) is 11.2. The number of ether oxygens (including phenoxy) is 3. The Labute approximate surface area is 199 Å². The maximum atomic E-state index is 14.9. The van der Waals surface area contributed by atoms with Crippen LogP contribution in [0.3, 0.4) is 0 Å². The van der Waals surface area contributed by atoms with Crippen LogP contribution >= 0.6 is 12.4 Å². The Hall–Kier alpha value is -3.38. The highest BCUT2D eigenvalue weighted by Gasteiger charge is 2.34. The molecule has 0 saturated carbocycles. The van der Waals surface area contributed by atoms with Crippen molar-refractivity contribution >= 4 is 35.9 Å². The number of carbonyl (C=O) groups is 2. The average Bonchev–Trinajstić information content (AvgIpc) is 3.45. The quantitative estimate of drug-likeness (QED) is 0.616. The standard InChI is InChI=1S/C21H21F2N3O7.ClH/c22-16-9-14(26-11-15(33-21(26)29)12-31-18-3-7-32-24-18)10-17(23)19(16)13-1-4-25(5-2-13)20(28)30-8-6-27;/h1,3,7,9-10,15,27H,2,4-6,8,11-12H2;1H/t15-;/m1./s1. The van der Waals surface area contributed by atoms with Gasteiger partial charge in [-0.05, 0) is 29.3 Å². The van der Waals surface area contributed by atoms with Crippen molar-refractivity contribution < 1.29 is 42.2 Å². The molecule has 10 nitrogen and oxygen atoms in total. The number of carbonyl (C=O) groups excluding carboxylic acids is 2. The van der Waals surface area contributed by atoms with E-state index in [0.717, 1.165) is 17.0 Å². The molecule has 2 amide bonds. The summed E-state index contributed by atoms with van der Waals surface area (Å²) >= 11 is 0. The maximum Gasteiger partial charge on any atom is 0.414 e. The molecular formula is C21H22ClF2N3O7. The SMILES string of the molecule is Cl.O=C(OCCO)N1CC=C(c2c(F)cc(N3C[C@H](COc4ccon4)OC3=O)cc2F)CC1. The van der Waals surface area contributed by atoms with Crippen LogP contribution in [0.4, 0.5) is 24.1 Å². The Balaban J connectivity index is 0.00000324. The van der Waals surface area contributed by atoms with Crippen molar-refractivity contribution in [2.45, 2.75) is 12.5 Å². The van der Waals surface area contributed by atoms with Gasteiger partial charge in [-0.2, -0.15) is 0 Å². The molecule has 13 heteroatoms. The van der Waals surface area contributed by atoms with Crippen LogP contribution < -0.4 is 9.64 Å². The summed E-state index contributed by atoms with van der Waals surface area (Å²) in [5, 5.41) is 12.3. The van der Waals surface area contributed by atoms with Crippen LogP contribution in [0.5, 0.6) is 5.88 Å². The fourth-order valence-corrected chi connectivity index (χ4v) is 3.58. The number of aromatic nitrogens is 1. The molecule has 1 fully saturated rings. The van der Waals surface area contributed by atoms with Gasteiger partial charge in [0.05, 0.1) is 18.8 Å². The number of halogens is 3. The first-order valence-corrected chi connectivity index (χ1v) is 10.2. The van der Waals surface area contributed by atoms with E-state index in [2.05, 4.69) is 9.68 Å². The van der Waals surface area contributed by atoms with Crippen LogP contribution in [0.25, 0.3) is 5.57 Å². The van der Waals surface area contributed by atoms with Crippen LogP contribution in [-0.2, 0) is 9.47 Å². The highest BCUT2D eigenvalue weighted by Crippen LogP contribution is 2.32. The Bertz CT molecular complexity index is 1030. The molecule has 3 heterocycles. The summed E-state index contributed by atoms with van der Waals surface area (Å²) in [5.41, 5.74) is 0.222. The molecule has 2 aliphatic rings. The molecule has 0 unspecified atom stereocenters. The van der Waals surface area contributed by atoms with E-state index in [-0.39, 0.29) is 75.4 Å². The van der Waals surface area contributed by atoms with Crippen molar-refractivity contribution in [2.75, 3.05) is 44.4 Å². The number of hydrogen-bond donors (Lipinski definition) is 1. The zero-order valence-electron chi connectivity index (χ0n) is 17.8. The number of amides is 2. The lowest BCUT2D eigenvalue weighted by molar-refractivity contribution is 0.0871. The van der Waals surface area contributed by atoms with E-state index < -0.39 is 29.9 Å². The van der Waals surface area contributed by atoms with Gasteiger partial charge in [0.2, 0.25) is 0 Å². The molecule has 1 atom stereocenters. The molecule has 2 aromatic rings. The molecule has 184 valence electrons. The Kier molecular flexibility index (Phi) is 8.29. The minimum Gasteiger partial charge on any atom is -0.471 e. The second-order valence-corrected chi connectivity index (χ2v) is 7.31. The average molecular weight is 502 g/mol. The maximum absolute atomic E-state index is 14.9. The summed E-state index contributed by atoms with van der Waals surface area (Å²) in [6.07, 6.45) is 1.09. The highest BCUT2D eigenvalue weighted by molar-refractivity contribution is 5.90. The topological polar surface area (TPSA) is 115 Å². The fraction of sp³-hybridized carbons (Fsp3) is 0.381. The number of cyclic esters (lactones) is 1. The predicted molar refractivity (Wildman–Crippen MR) is 116 cm³/mol. The van der Waals surface area contributed by atoms with E-state index in [0.29, 0.717) is 5.57 Å². The molecule has 2 aliphatic heterocycles. The van der Waals surface area contributed by atoms with Crippen LogP contribution in [0, 0.1) is 11.6 Å². The first-order valence-electron chi connectivity index (χ1n) is 10.2. The Morgan fingerprint density at radius 2 is 2.06 bits per heavy atom. The largest absolute Gasteiger partial charge is 0.471 e. The van der Waals surface area contributed by atoms with Crippen LogP contribution in [0.15, 0.2) is 35.1 Å². The first-order chi connectivity index (χ1) is 16.0. The van der Waals surface area contributed by atoms with Crippen molar-refractivity contribution in [3.63, 3.8) is 0 Å². The van der Waals surface area contributed by atoms with Crippen LogP contribution in [-0.4, -0.2) is 72.9 Å². The van der Waals surface area contributed by atoms with Gasteiger partial charge < -0.3 is 28.7 Å². The number of aliphatic hydroxyl groups is 1. The summed E-state index contributed by atoms with van der Waals surface area (Å²) in [5.74, 6) is -1.43. The van der Waals surface area contributed by atoms with Crippen molar-refractivity contribution in [3.8, 4) is 5.88 Å². The van der Waals surface area contributed by atoms with Gasteiger partial charge in [0.15, 0.2) is 6.10 Å². The molecule has 0 aliphatic carbocycles. The third kappa shape index (κ3) is 5.57. The zero-order valence-corrected chi connectivity index (χ0v) is 18.6. The molecule has 34 heavy (non-hydrogen) atoms. The molecule has 1 saturated heterocycles. The molecular weight excluding hydrogens is 480 g/mol. The van der Waals surface area contributed by atoms with Gasteiger partial charge in [-0.1, -0.05) is 6.08 Å². The van der Waals surface area contributed by atoms with E-state index in [1.54, 1.807) is 6.08 Å². The lowest BCUT2D eigenvalue weighted by atomic mass is 9.98. The van der Waals surface area contributed by atoms with Crippen molar-refractivity contribution in [3.05, 3.63) is 47.7 Å². The summed E-state index contributed by atoms with van der Waals surface area (Å²) in [7, 11) is 0. The Morgan fingerprint density at radius 3 is 2.68 bits per heavy atom. The number of aliphatic hydroxyl groups excluding tert-OH is 1. The van der Waals surface area contributed by atoms with Crippen molar-refractivity contribution in [1.82, 2.24) is 10.1 Å². The number of anilines is 1. The lowest BCUT2D eigenvalue weighted by Gasteiger charge is -2.26. The normalized spacial score (nSPS) is 17.7. The van der Waals surface area contributed by atoms with Gasteiger partial charge in [-0.15, -0.1) is 12.4 Å². The molecule has 1 N–H and O–H groups in total. The van der Waals surface area contributed by atoms with Crippen LogP contribution in [0.1, 0.15) is 12.0 Å². The van der Waals surface area contributed by atoms with Crippen molar-refractivity contribution in [1.29, 1.82) is 0 Å². The molecule has 1 aromatic carbocycles. The third-order valence-electron chi connectivity index (χ3n) is 5.15. The summed E-state index contributed by atoms with van der Waals surface area (Å²) < 4.78 is 49.8. The third-order valence-corrected chi connectivity index (χ3v) is 5.15. The van der Waals surface area contributed by atoms with Gasteiger partial charge in [0, 0.05) is 24.7 Å². The monoisotopic (exact) mass is 501 g/mol. The van der Waals surface area contributed by atoms with Gasteiger partial charge in [-0.3, -0.25) is 4.90 Å². The highest BCUT2D eigenvalue weighted by atomic mass is 35.5. The summed E-state index contributed by atoms with van der Waals surface area (Å²) in [4.78, 5) is 26.6. The lowest BCUT2D eigenvalue weighted by Crippen LogP contribution is -2.35. The fourth-order valence-electron chi connectivity index (χ4n) is 3.58. The molecule has 1 aromatic heterocycles. The number of nitrogens with zero attached hydrogens (tertiary/aromatic N) is 3. The molecule has 0 radical (unpaired) electrons. The molecule has 0 bridgehead atoms. The van der Waals surface area contributed by atoms with Crippen molar-refractivity contribution in [2.24, 2.45) is 0 Å². The summed E-state index contributed by atoms with van der Waals surface area (Å²) in [6.45, 7) is -0.0369. The Morgan fingerprint density at radius 1 is 1.29 bits per heavy atom. The van der Waals surface area contributed by atoms with E-state index in [1.165, 1.54) is 17.2 Å². The number of rotatable bonds is 7. The van der Waals surface area contributed by atoms with E-state index in [9.17, 15) is 18.4 Å². The first kappa shape index (κ1) is 25.2. The van der Waals surface area contributed by atoms with Gasteiger partial charge >= 0.3 is 12.2 Å². The molecule has 4 rings (SSSR count). The summed E-state index contributed by atoms with van der Waals surface area (Å²) in [6, 6.07) is 3.64. The van der Waals surface area contributed by atoms with Crippen LogP contribution in [0.2, 0.25) is 0 Å². The smallest absolute Gasteiger partial charge is 0.414 e.